The standard InChI is InChI=1S/C16H22O2S6/c17-5-13-7-21-15(23-13)9-19-11-2-1-3-12(4-11)20-10-16-22-8-14(6-18)24-16/h1-4,13-18H,5-10H2. The van der Waals surface area contributed by atoms with E-state index in [1.165, 1.54) is 9.79 Å². The maximum absolute atomic E-state index is 9.23. The van der Waals surface area contributed by atoms with Crippen molar-refractivity contribution in [2.24, 2.45) is 0 Å². The quantitative estimate of drug-likeness (QED) is 0.585. The Morgan fingerprint density at radius 3 is 1.79 bits per heavy atom. The van der Waals surface area contributed by atoms with E-state index in [1.807, 2.05) is 70.6 Å². The first kappa shape index (κ1) is 20.0. The van der Waals surface area contributed by atoms with Crippen LogP contribution in [0.2, 0.25) is 0 Å². The van der Waals surface area contributed by atoms with Gasteiger partial charge in [-0.1, -0.05) is 6.07 Å². The zero-order valence-corrected chi connectivity index (χ0v) is 18.1. The predicted molar refractivity (Wildman–Crippen MR) is 117 cm³/mol. The van der Waals surface area contributed by atoms with E-state index >= 15 is 0 Å². The first-order valence-electron chi connectivity index (χ1n) is 7.88. The lowest BCUT2D eigenvalue weighted by molar-refractivity contribution is 0.301. The summed E-state index contributed by atoms with van der Waals surface area (Å²) in [6, 6.07) is 8.85. The van der Waals surface area contributed by atoms with Crippen LogP contribution in [0.25, 0.3) is 0 Å². The normalized spacial score (nSPS) is 30.1. The number of rotatable bonds is 8. The number of aliphatic hydroxyl groups is 2. The second kappa shape index (κ2) is 10.5. The summed E-state index contributed by atoms with van der Waals surface area (Å²) < 4.78 is 1.20. The van der Waals surface area contributed by atoms with Crippen LogP contribution in [-0.4, -0.2) is 66.1 Å². The lowest BCUT2D eigenvalue weighted by Crippen LogP contribution is -2.06. The molecule has 0 bridgehead atoms. The van der Waals surface area contributed by atoms with Crippen molar-refractivity contribution in [3.05, 3.63) is 24.3 Å². The second-order valence-corrected chi connectivity index (χ2v) is 13.8. The molecular weight excluding hydrogens is 417 g/mol. The highest BCUT2D eigenvalue weighted by Gasteiger charge is 2.26. The van der Waals surface area contributed by atoms with Crippen LogP contribution in [0.5, 0.6) is 0 Å². The molecule has 0 saturated carbocycles. The first-order chi connectivity index (χ1) is 11.8. The fraction of sp³-hybridized carbons (Fsp3) is 0.625. The molecule has 2 aliphatic rings. The summed E-state index contributed by atoms with van der Waals surface area (Å²) >= 11 is 11.7. The summed E-state index contributed by atoms with van der Waals surface area (Å²) in [6.45, 7) is 0.610. The van der Waals surface area contributed by atoms with Crippen molar-refractivity contribution in [2.75, 3.05) is 36.2 Å². The van der Waals surface area contributed by atoms with Crippen LogP contribution in [0.3, 0.4) is 0 Å². The van der Waals surface area contributed by atoms with Crippen molar-refractivity contribution >= 4 is 70.6 Å². The van der Waals surface area contributed by atoms with Crippen LogP contribution in [0, 0.1) is 0 Å². The molecule has 0 radical (unpaired) electrons. The van der Waals surface area contributed by atoms with E-state index < -0.39 is 0 Å². The fourth-order valence-electron chi connectivity index (χ4n) is 2.36. The van der Waals surface area contributed by atoms with Crippen LogP contribution in [0.4, 0.5) is 0 Å². The van der Waals surface area contributed by atoms with Gasteiger partial charge in [-0.2, -0.15) is 0 Å². The molecule has 0 aromatic heterocycles. The van der Waals surface area contributed by atoms with Gasteiger partial charge in [0.05, 0.1) is 22.4 Å². The van der Waals surface area contributed by atoms with Crippen LogP contribution in [0.1, 0.15) is 0 Å². The second-order valence-electron chi connectivity index (χ2n) is 5.50. The molecule has 4 atom stereocenters. The number of hydrogen-bond acceptors (Lipinski definition) is 8. The van der Waals surface area contributed by atoms with Gasteiger partial charge in [0.1, 0.15) is 0 Å². The van der Waals surface area contributed by atoms with Crippen molar-refractivity contribution in [1.82, 2.24) is 0 Å². The molecule has 8 heteroatoms. The summed E-state index contributed by atoms with van der Waals surface area (Å²) in [5, 5.41) is 19.3. The number of benzene rings is 1. The van der Waals surface area contributed by atoms with Crippen molar-refractivity contribution in [3.63, 3.8) is 0 Å². The molecule has 2 heterocycles. The van der Waals surface area contributed by atoms with Crippen LogP contribution >= 0.6 is 70.6 Å². The number of hydrogen-bond donors (Lipinski definition) is 2. The Balaban J connectivity index is 1.42. The minimum absolute atomic E-state index is 0.305. The Morgan fingerprint density at radius 1 is 0.875 bits per heavy atom. The summed E-state index contributed by atoms with van der Waals surface area (Å²) in [5.74, 6) is 4.36. The third kappa shape index (κ3) is 6.15. The van der Waals surface area contributed by atoms with E-state index in [1.54, 1.807) is 0 Å². The maximum atomic E-state index is 9.23. The Kier molecular flexibility index (Phi) is 8.78. The summed E-state index contributed by atoms with van der Waals surface area (Å²) in [6.07, 6.45) is 0. The van der Waals surface area contributed by atoms with Crippen molar-refractivity contribution < 1.29 is 10.2 Å². The zero-order valence-electron chi connectivity index (χ0n) is 13.2. The van der Waals surface area contributed by atoms with E-state index in [9.17, 15) is 10.2 Å². The Morgan fingerprint density at radius 2 is 1.38 bits per heavy atom. The lowest BCUT2D eigenvalue weighted by Gasteiger charge is -2.11. The van der Waals surface area contributed by atoms with Gasteiger partial charge in [-0.3, -0.25) is 0 Å². The Hall–Kier alpha value is 1.24. The fourth-order valence-corrected chi connectivity index (χ4v) is 11.3. The van der Waals surface area contributed by atoms with E-state index in [0.717, 1.165) is 23.0 Å². The maximum Gasteiger partial charge on any atom is 0.0600 e. The largest absolute Gasteiger partial charge is 0.395 e. The monoisotopic (exact) mass is 438 g/mol. The highest BCUT2D eigenvalue weighted by molar-refractivity contribution is 8.22. The molecule has 2 nitrogen and oxygen atoms in total. The first-order valence-corrected chi connectivity index (χ1v) is 13.8. The molecular formula is C16H22O2S6. The molecule has 0 amide bonds. The Labute approximate surface area is 169 Å². The molecule has 0 spiro atoms. The van der Waals surface area contributed by atoms with Crippen LogP contribution in [0.15, 0.2) is 34.1 Å². The lowest BCUT2D eigenvalue weighted by atomic mass is 10.4. The average Bonchev–Trinajstić information content (AvgIpc) is 3.27. The number of aliphatic hydroxyl groups excluding tert-OH is 2. The molecule has 24 heavy (non-hydrogen) atoms. The van der Waals surface area contributed by atoms with Gasteiger partial charge in [-0.25, -0.2) is 0 Å². The third-order valence-corrected chi connectivity index (χ3v) is 13.1. The molecule has 0 aliphatic carbocycles. The van der Waals surface area contributed by atoms with E-state index in [4.69, 9.17) is 0 Å². The van der Waals surface area contributed by atoms with Gasteiger partial charge in [-0.15, -0.1) is 70.6 Å². The van der Waals surface area contributed by atoms with Gasteiger partial charge in [0.2, 0.25) is 0 Å². The smallest absolute Gasteiger partial charge is 0.0600 e. The minimum atomic E-state index is 0.305. The van der Waals surface area contributed by atoms with Crippen molar-refractivity contribution in [1.29, 1.82) is 0 Å². The van der Waals surface area contributed by atoms with Crippen molar-refractivity contribution in [3.8, 4) is 0 Å². The summed E-state index contributed by atoms with van der Waals surface area (Å²) in [4.78, 5) is 2.68. The Bertz CT molecular complexity index is 476. The molecule has 4 unspecified atom stereocenters. The highest BCUT2D eigenvalue weighted by Crippen LogP contribution is 2.42. The molecule has 3 rings (SSSR count). The summed E-state index contributed by atoms with van der Waals surface area (Å²) in [7, 11) is 0. The van der Waals surface area contributed by atoms with E-state index in [0.29, 0.717) is 32.9 Å². The van der Waals surface area contributed by atoms with Gasteiger partial charge in [0.25, 0.3) is 0 Å². The van der Waals surface area contributed by atoms with Gasteiger partial charge in [0, 0.05) is 43.3 Å². The zero-order chi connectivity index (χ0) is 16.8. The minimum Gasteiger partial charge on any atom is -0.395 e. The molecule has 134 valence electrons. The van der Waals surface area contributed by atoms with Gasteiger partial charge < -0.3 is 10.2 Å². The molecule has 2 N–H and O–H groups in total. The molecule has 2 fully saturated rings. The molecule has 2 aliphatic heterocycles. The molecule has 1 aromatic rings. The predicted octanol–water partition coefficient (Wildman–Crippen LogP) is 4.20. The highest BCUT2D eigenvalue weighted by atomic mass is 32.2. The van der Waals surface area contributed by atoms with E-state index in [-0.39, 0.29) is 0 Å². The molecule has 2 saturated heterocycles. The topological polar surface area (TPSA) is 40.5 Å². The van der Waals surface area contributed by atoms with Crippen molar-refractivity contribution in [2.45, 2.75) is 29.5 Å². The van der Waals surface area contributed by atoms with Crippen LogP contribution in [-0.2, 0) is 0 Å². The SMILES string of the molecule is OCC1CSC(CSc2cccc(SCC3SCC(CO)S3)c2)S1. The third-order valence-electron chi connectivity index (χ3n) is 3.61. The molecule has 1 aromatic carbocycles. The van der Waals surface area contributed by atoms with Gasteiger partial charge >= 0.3 is 0 Å². The van der Waals surface area contributed by atoms with E-state index in [2.05, 4.69) is 24.3 Å². The number of thioether (sulfide) groups is 6. The summed E-state index contributed by atoms with van der Waals surface area (Å²) in [5.41, 5.74) is 0. The van der Waals surface area contributed by atoms with Crippen LogP contribution < -0.4 is 0 Å². The average molecular weight is 439 g/mol. The van der Waals surface area contributed by atoms with Gasteiger partial charge in [-0.05, 0) is 18.2 Å². The van der Waals surface area contributed by atoms with Gasteiger partial charge in [0.15, 0.2) is 0 Å².